The highest BCUT2D eigenvalue weighted by Gasteiger charge is 2.18. The first kappa shape index (κ1) is 16.7. The molecular weight excluding hydrogens is 407 g/mol. The van der Waals surface area contributed by atoms with Crippen molar-refractivity contribution in [1.29, 1.82) is 0 Å². The number of aromatic carboxylic acids is 1. The number of likely N-dealkylation sites (tertiary alicyclic amines) is 1. The average Bonchev–Trinajstić information content (AvgIpc) is 2.91. The highest BCUT2D eigenvalue weighted by Crippen LogP contribution is 2.18. The normalized spacial score (nSPS) is 16.2. The monoisotopic (exact) mass is 424 g/mol. The number of carbonyl (C=O) groups is 1. The molecule has 0 saturated carbocycles. The van der Waals surface area contributed by atoms with Crippen molar-refractivity contribution in [3.8, 4) is 0 Å². The van der Waals surface area contributed by atoms with E-state index in [0.29, 0.717) is 16.7 Å². The predicted molar refractivity (Wildman–Crippen MR) is 87.0 cm³/mol. The molecule has 116 valence electrons. The summed E-state index contributed by atoms with van der Waals surface area (Å²) in [7, 11) is -3.67. The number of hydrogen-bond acceptors (Lipinski definition) is 4. The van der Waals surface area contributed by atoms with Crippen LogP contribution in [0.5, 0.6) is 0 Å². The third-order valence-electron chi connectivity index (χ3n) is 3.40. The summed E-state index contributed by atoms with van der Waals surface area (Å²) in [5, 5.41) is 9.05. The first-order chi connectivity index (χ1) is 9.90. The lowest BCUT2D eigenvalue weighted by Gasteiger charge is -2.15. The molecule has 0 atom stereocenters. The summed E-state index contributed by atoms with van der Waals surface area (Å²) >= 11 is 1.87. The second-order valence-corrected chi connectivity index (χ2v) is 7.82. The fourth-order valence-electron chi connectivity index (χ4n) is 2.26. The van der Waals surface area contributed by atoms with Gasteiger partial charge in [0, 0.05) is 16.7 Å². The molecule has 1 aliphatic heterocycles. The fraction of sp³-hybridized carbons (Fsp3) is 0.462. The number of carboxylic acids is 1. The molecule has 2 rings (SSSR count). The molecule has 0 spiro atoms. The van der Waals surface area contributed by atoms with Gasteiger partial charge in [0.25, 0.3) is 0 Å². The van der Waals surface area contributed by atoms with Gasteiger partial charge in [0.2, 0.25) is 10.0 Å². The van der Waals surface area contributed by atoms with E-state index < -0.39 is 16.0 Å². The minimum atomic E-state index is -3.67. The molecule has 0 aliphatic carbocycles. The number of hydrogen-bond donors (Lipinski definition) is 2. The first-order valence-corrected chi connectivity index (χ1v) is 9.21. The Balaban J connectivity index is 2.04. The van der Waals surface area contributed by atoms with Crippen molar-refractivity contribution in [2.75, 3.05) is 26.2 Å². The second-order valence-electron chi connectivity index (χ2n) is 4.89. The van der Waals surface area contributed by atoms with Gasteiger partial charge >= 0.3 is 5.97 Å². The van der Waals surface area contributed by atoms with Crippen LogP contribution in [0.1, 0.15) is 23.2 Å². The van der Waals surface area contributed by atoms with Gasteiger partial charge in [-0.25, -0.2) is 17.9 Å². The minimum absolute atomic E-state index is 0.00184. The summed E-state index contributed by atoms with van der Waals surface area (Å²) in [6.45, 7) is 3.02. The number of sulfonamides is 1. The van der Waals surface area contributed by atoms with Gasteiger partial charge in [-0.15, -0.1) is 0 Å². The highest BCUT2D eigenvalue weighted by molar-refractivity contribution is 14.1. The Labute approximate surface area is 137 Å². The Morgan fingerprint density at radius 1 is 1.33 bits per heavy atom. The third kappa shape index (κ3) is 4.38. The van der Waals surface area contributed by atoms with Crippen LogP contribution in [0.4, 0.5) is 0 Å². The highest BCUT2D eigenvalue weighted by atomic mass is 127. The van der Waals surface area contributed by atoms with E-state index in [1.807, 2.05) is 22.6 Å². The third-order valence-corrected chi connectivity index (χ3v) is 5.80. The molecule has 1 aromatic rings. The van der Waals surface area contributed by atoms with Gasteiger partial charge in [-0.3, -0.25) is 0 Å². The van der Waals surface area contributed by atoms with E-state index in [1.165, 1.54) is 18.2 Å². The number of rotatable bonds is 6. The standard InChI is InChI=1S/C13H17IN2O4S/c14-12-4-3-10(9-11(12)13(17)18)21(19,20)15-5-8-16-6-1-2-7-16/h3-4,9,15H,1-2,5-8H2,(H,17,18). The van der Waals surface area contributed by atoms with E-state index in [0.717, 1.165) is 25.9 Å². The lowest BCUT2D eigenvalue weighted by Crippen LogP contribution is -2.33. The van der Waals surface area contributed by atoms with Crippen LogP contribution in [0, 0.1) is 3.57 Å². The van der Waals surface area contributed by atoms with Crippen LogP contribution in [0.25, 0.3) is 0 Å². The molecule has 0 unspecified atom stereocenters. The van der Waals surface area contributed by atoms with Gasteiger partial charge in [0.15, 0.2) is 0 Å². The van der Waals surface area contributed by atoms with Crippen LogP contribution >= 0.6 is 22.6 Å². The van der Waals surface area contributed by atoms with Crippen LogP contribution < -0.4 is 4.72 Å². The van der Waals surface area contributed by atoms with Crippen molar-refractivity contribution in [1.82, 2.24) is 9.62 Å². The molecule has 1 aliphatic rings. The maximum absolute atomic E-state index is 12.2. The lowest BCUT2D eigenvalue weighted by atomic mass is 10.2. The number of benzene rings is 1. The van der Waals surface area contributed by atoms with Crippen molar-refractivity contribution in [2.45, 2.75) is 17.7 Å². The van der Waals surface area contributed by atoms with Crippen molar-refractivity contribution in [3.63, 3.8) is 0 Å². The molecule has 21 heavy (non-hydrogen) atoms. The average molecular weight is 424 g/mol. The first-order valence-electron chi connectivity index (χ1n) is 6.65. The predicted octanol–water partition coefficient (Wildman–Crippen LogP) is 1.36. The van der Waals surface area contributed by atoms with Crippen molar-refractivity contribution < 1.29 is 18.3 Å². The molecule has 1 fully saturated rings. The maximum Gasteiger partial charge on any atom is 0.336 e. The van der Waals surface area contributed by atoms with E-state index in [4.69, 9.17) is 5.11 Å². The van der Waals surface area contributed by atoms with Crippen LogP contribution in [-0.4, -0.2) is 50.6 Å². The molecule has 2 N–H and O–H groups in total. The smallest absolute Gasteiger partial charge is 0.336 e. The molecule has 0 bridgehead atoms. The molecule has 8 heteroatoms. The zero-order chi connectivity index (χ0) is 15.5. The maximum atomic E-state index is 12.2. The quantitative estimate of drug-likeness (QED) is 0.674. The Bertz CT molecular complexity index is 627. The molecule has 1 saturated heterocycles. The number of halogens is 1. The number of nitrogens with zero attached hydrogens (tertiary/aromatic N) is 1. The molecular formula is C13H17IN2O4S. The number of nitrogens with one attached hydrogen (secondary N) is 1. The summed E-state index contributed by atoms with van der Waals surface area (Å²) in [6, 6.07) is 4.12. The van der Waals surface area contributed by atoms with Gasteiger partial charge in [-0.05, 0) is 66.7 Å². The molecule has 0 radical (unpaired) electrons. The Kier molecular flexibility index (Phi) is 5.58. The number of carboxylic acid groups (broad SMARTS) is 1. The van der Waals surface area contributed by atoms with Gasteiger partial charge in [-0.2, -0.15) is 0 Å². The van der Waals surface area contributed by atoms with Crippen molar-refractivity contribution in [3.05, 3.63) is 27.3 Å². The molecule has 0 amide bonds. The van der Waals surface area contributed by atoms with Crippen LogP contribution in [-0.2, 0) is 10.0 Å². The van der Waals surface area contributed by atoms with Crippen LogP contribution in [0.2, 0.25) is 0 Å². The largest absolute Gasteiger partial charge is 0.478 e. The summed E-state index contributed by atoms with van der Waals surface area (Å²) in [5.41, 5.74) is -0.00184. The van der Waals surface area contributed by atoms with E-state index in [2.05, 4.69) is 9.62 Å². The zero-order valence-electron chi connectivity index (χ0n) is 11.4. The molecule has 0 aromatic heterocycles. The summed E-state index contributed by atoms with van der Waals surface area (Å²) in [5.74, 6) is -1.13. The summed E-state index contributed by atoms with van der Waals surface area (Å²) < 4.78 is 27.4. The van der Waals surface area contributed by atoms with E-state index in [9.17, 15) is 13.2 Å². The Hall–Kier alpha value is -0.710. The fourth-order valence-corrected chi connectivity index (χ4v) is 3.88. The van der Waals surface area contributed by atoms with E-state index in [-0.39, 0.29) is 10.5 Å². The molecule has 1 heterocycles. The Morgan fingerprint density at radius 2 is 2.00 bits per heavy atom. The van der Waals surface area contributed by atoms with E-state index in [1.54, 1.807) is 0 Å². The second kappa shape index (κ2) is 7.03. The van der Waals surface area contributed by atoms with Crippen molar-refractivity contribution in [2.24, 2.45) is 0 Å². The lowest BCUT2D eigenvalue weighted by molar-refractivity contribution is 0.0695. The van der Waals surface area contributed by atoms with Gasteiger partial charge in [-0.1, -0.05) is 0 Å². The molecule has 1 aromatic carbocycles. The van der Waals surface area contributed by atoms with Crippen LogP contribution in [0.3, 0.4) is 0 Å². The van der Waals surface area contributed by atoms with Gasteiger partial charge < -0.3 is 10.0 Å². The zero-order valence-corrected chi connectivity index (χ0v) is 14.4. The topological polar surface area (TPSA) is 86.7 Å². The van der Waals surface area contributed by atoms with Gasteiger partial charge in [0.1, 0.15) is 0 Å². The molecule has 6 nitrogen and oxygen atoms in total. The SMILES string of the molecule is O=C(O)c1cc(S(=O)(=O)NCCN2CCCC2)ccc1I. The van der Waals surface area contributed by atoms with Gasteiger partial charge in [0.05, 0.1) is 10.5 Å². The summed E-state index contributed by atoms with van der Waals surface area (Å²) in [4.78, 5) is 13.3. The minimum Gasteiger partial charge on any atom is -0.478 e. The van der Waals surface area contributed by atoms with E-state index >= 15 is 0 Å². The summed E-state index contributed by atoms with van der Waals surface area (Å²) in [6.07, 6.45) is 2.32. The Morgan fingerprint density at radius 3 is 2.62 bits per heavy atom. The van der Waals surface area contributed by atoms with Crippen LogP contribution in [0.15, 0.2) is 23.1 Å². The van der Waals surface area contributed by atoms with Crippen molar-refractivity contribution >= 4 is 38.6 Å².